The van der Waals surface area contributed by atoms with Crippen LogP contribution >= 0.6 is 0 Å². The lowest BCUT2D eigenvalue weighted by Gasteiger charge is -2.05. The van der Waals surface area contributed by atoms with E-state index >= 15 is 0 Å². The Hall–Kier alpha value is -3.87. The van der Waals surface area contributed by atoms with Gasteiger partial charge in [0.05, 0.1) is 19.0 Å². The fraction of sp³-hybridized carbons (Fsp3) is 0.136. The minimum Gasteiger partial charge on any atom is -0.497 e. The molecular weight excluding hydrogens is 366 g/mol. The monoisotopic (exact) mass is 387 g/mol. The molecular formula is C22H21N5O2. The number of H-pyrrole nitrogens is 1. The van der Waals surface area contributed by atoms with E-state index in [4.69, 9.17) is 4.74 Å². The number of para-hydroxylation sites is 1. The second kappa shape index (κ2) is 7.63. The molecule has 0 radical (unpaired) electrons. The van der Waals surface area contributed by atoms with Crippen LogP contribution in [0.5, 0.6) is 5.75 Å². The molecule has 0 saturated heterocycles. The number of nitrogens with zero attached hydrogens (tertiary/aromatic N) is 3. The molecule has 0 aliphatic rings. The molecule has 2 aromatic carbocycles. The molecule has 4 aromatic rings. The summed E-state index contributed by atoms with van der Waals surface area (Å²) in [6, 6.07) is 17.0. The molecule has 0 aliphatic heterocycles. The summed E-state index contributed by atoms with van der Waals surface area (Å²) in [4.78, 5) is 19.2. The Morgan fingerprint density at radius 2 is 1.93 bits per heavy atom. The predicted octanol–water partition coefficient (Wildman–Crippen LogP) is 3.69. The second-order valence-electron chi connectivity index (χ2n) is 6.65. The maximum Gasteiger partial charge on any atom is 0.252 e. The molecule has 0 atom stereocenters. The highest BCUT2D eigenvalue weighted by atomic mass is 16.5. The molecule has 0 aliphatic carbocycles. The van der Waals surface area contributed by atoms with Crippen molar-refractivity contribution in [3.05, 3.63) is 76.2 Å². The lowest BCUT2D eigenvalue weighted by atomic mass is 10.1. The first-order valence-corrected chi connectivity index (χ1v) is 9.15. The van der Waals surface area contributed by atoms with Crippen LogP contribution in [0.25, 0.3) is 22.2 Å². The number of hydrogen-bond donors (Lipinski definition) is 2. The zero-order chi connectivity index (χ0) is 20.4. The number of aromatic nitrogens is 3. The van der Waals surface area contributed by atoms with Gasteiger partial charge in [0.1, 0.15) is 5.75 Å². The van der Waals surface area contributed by atoms with Gasteiger partial charge in [0.15, 0.2) is 0 Å². The van der Waals surface area contributed by atoms with Crippen molar-refractivity contribution >= 4 is 23.1 Å². The summed E-state index contributed by atoms with van der Waals surface area (Å²) in [5, 5.41) is 5.42. The zero-order valence-corrected chi connectivity index (χ0v) is 16.4. The topological polar surface area (TPSA) is 84.3 Å². The number of rotatable bonds is 5. The molecule has 0 bridgehead atoms. The number of fused-ring (bicyclic) bond motifs is 1. The number of nitrogens with one attached hydrogen (secondary N) is 2. The average molecular weight is 387 g/mol. The van der Waals surface area contributed by atoms with Crippen LogP contribution in [0.4, 0.5) is 5.95 Å². The predicted molar refractivity (Wildman–Crippen MR) is 116 cm³/mol. The van der Waals surface area contributed by atoms with E-state index in [2.05, 4.69) is 37.2 Å². The molecule has 0 fully saturated rings. The molecule has 0 saturated carbocycles. The number of benzene rings is 2. The molecule has 4 rings (SSSR count). The Bertz CT molecular complexity index is 1250. The van der Waals surface area contributed by atoms with Crippen molar-refractivity contribution in [1.82, 2.24) is 14.5 Å². The summed E-state index contributed by atoms with van der Waals surface area (Å²) >= 11 is 0. The van der Waals surface area contributed by atoms with Crippen molar-refractivity contribution in [2.45, 2.75) is 6.92 Å². The number of ether oxygens (including phenoxy) is 1. The normalized spacial score (nSPS) is 11.3. The van der Waals surface area contributed by atoms with Gasteiger partial charge in [0, 0.05) is 40.8 Å². The fourth-order valence-electron chi connectivity index (χ4n) is 3.29. The standard InChI is InChI=1S/C22H21N5O2/c1-14-18(17-6-4-5-7-20(17)27(14)2)13-23-26-22-24-19(12-21(28)25-22)15-8-10-16(29-3)11-9-15/h4-13H,1-3H3,(H2,24,25,26,28)/b23-13-. The third-order valence-corrected chi connectivity index (χ3v) is 4.94. The minimum absolute atomic E-state index is 0.259. The molecule has 0 unspecified atom stereocenters. The van der Waals surface area contributed by atoms with Crippen molar-refractivity contribution < 1.29 is 4.74 Å². The first kappa shape index (κ1) is 18.5. The first-order valence-electron chi connectivity index (χ1n) is 9.15. The van der Waals surface area contributed by atoms with Crippen molar-refractivity contribution in [3.8, 4) is 17.0 Å². The summed E-state index contributed by atoms with van der Waals surface area (Å²) in [6.07, 6.45) is 1.75. The van der Waals surface area contributed by atoms with E-state index in [1.165, 1.54) is 6.07 Å². The Kier molecular flexibility index (Phi) is 4.87. The summed E-state index contributed by atoms with van der Waals surface area (Å²) in [6.45, 7) is 2.05. The molecule has 7 heteroatoms. The zero-order valence-electron chi connectivity index (χ0n) is 16.4. The summed E-state index contributed by atoms with van der Waals surface area (Å²) in [7, 11) is 3.64. The van der Waals surface area contributed by atoms with Crippen LogP contribution in [0.15, 0.2) is 64.5 Å². The molecule has 0 amide bonds. The van der Waals surface area contributed by atoms with E-state index in [9.17, 15) is 4.79 Å². The van der Waals surface area contributed by atoms with Crippen molar-refractivity contribution in [2.24, 2.45) is 12.1 Å². The van der Waals surface area contributed by atoms with Crippen LogP contribution in [0, 0.1) is 6.92 Å². The van der Waals surface area contributed by atoms with Crippen LogP contribution in [0.3, 0.4) is 0 Å². The van der Waals surface area contributed by atoms with Gasteiger partial charge in [-0.15, -0.1) is 0 Å². The van der Waals surface area contributed by atoms with Gasteiger partial charge in [-0.25, -0.2) is 10.4 Å². The number of aryl methyl sites for hydroxylation is 1. The van der Waals surface area contributed by atoms with Gasteiger partial charge in [-0.2, -0.15) is 5.10 Å². The number of hydrogen-bond acceptors (Lipinski definition) is 5. The maximum atomic E-state index is 12.1. The molecule has 7 nitrogen and oxygen atoms in total. The van der Waals surface area contributed by atoms with Crippen molar-refractivity contribution in [1.29, 1.82) is 0 Å². The summed E-state index contributed by atoms with van der Waals surface area (Å²) in [5.41, 5.74) is 7.20. The fourth-order valence-corrected chi connectivity index (χ4v) is 3.29. The number of anilines is 1. The third kappa shape index (κ3) is 3.62. The smallest absolute Gasteiger partial charge is 0.252 e. The van der Waals surface area contributed by atoms with Gasteiger partial charge in [-0.1, -0.05) is 18.2 Å². The maximum absolute atomic E-state index is 12.1. The highest BCUT2D eigenvalue weighted by Crippen LogP contribution is 2.23. The van der Waals surface area contributed by atoms with E-state index in [-0.39, 0.29) is 11.5 Å². The molecule has 29 heavy (non-hydrogen) atoms. The van der Waals surface area contributed by atoms with E-state index < -0.39 is 0 Å². The van der Waals surface area contributed by atoms with Crippen LogP contribution in [0.2, 0.25) is 0 Å². The third-order valence-electron chi connectivity index (χ3n) is 4.94. The van der Waals surface area contributed by atoms with Crippen LogP contribution in [0.1, 0.15) is 11.3 Å². The van der Waals surface area contributed by atoms with Crippen LogP contribution in [-0.4, -0.2) is 27.9 Å². The van der Waals surface area contributed by atoms with E-state index in [1.807, 2.05) is 50.4 Å². The second-order valence-corrected chi connectivity index (χ2v) is 6.65. The number of hydrazone groups is 1. The molecule has 2 heterocycles. The van der Waals surface area contributed by atoms with Crippen molar-refractivity contribution in [2.75, 3.05) is 12.5 Å². The van der Waals surface area contributed by atoms with Crippen molar-refractivity contribution in [3.63, 3.8) is 0 Å². The summed E-state index contributed by atoms with van der Waals surface area (Å²) in [5.74, 6) is 1.02. The highest BCUT2D eigenvalue weighted by molar-refractivity contribution is 6.01. The highest BCUT2D eigenvalue weighted by Gasteiger charge is 2.09. The Balaban J connectivity index is 1.61. The first-order chi connectivity index (χ1) is 14.1. The number of methoxy groups -OCH3 is 1. The van der Waals surface area contributed by atoms with Gasteiger partial charge in [-0.05, 0) is 37.3 Å². The summed E-state index contributed by atoms with van der Waals surface area (Å²) < 4.78 is 7.29. The van der Waals surface area contributed by atoms with E-state index in [1.54, 1.807) is 13.3 Å². The van der Waals surface area contributed by atoms with Crippen LogP contribution in [-0.2, 0) is 7.05 Å². The van der Waals surface area contributed by atoms with E-state index in [0.717, 1.165) is 33.5 Å². The molecule has 2 aromatic heterocycles. The Morgan fingerprint density at radius 1 is 1.17 bits per heavy atom. The lowest BCUT2D eigenvalue weighted by molar-refractivity contribution is 0.415. The SMILES string of the molecule is COc1ccc(-c2cc(=O)[nH]c(N/N=C\c3c(C)n(C)c4ccccc34)n2)cc1. The van der Waals surface area contributed by atoms with Gasteiger partial charge >= 0.3 is 0 Å². The van der Waals surface area contributed by atoms with Gasteiger partial charge in [0.25, 0.3) is 5.56 Å². The molecule has 0 spiro atoms. The Morgan fingerprint density at radius 3 is 2.69 bits per heavy atom. The quantitative estimate of drug-likeness (QED) is 0.404. The Labute approximate surface area is 167 Å². The largest absolute Gasteiger partial charge is 0.497 e. The molecule has 146 valence electrons. The van der Waals surface area contributed by atoms with Gasteiger partial charge in [-0.3, -0.25) is 9.78 Å². The number of aromatic amines is 1. The van der Waals surface area contributed by atoms with Gasteiger partial charge < -0.3 is 9.30 Å². The van der Waals surface area contributed by atoms with Gasteiger partial charge in [0.2, 0.25) is 5.95 Å². The molecule has 2 N–H and O–H groups in total. The minimum atomic E-state index is -0.259. The average Bonchev–Trinajstić information content (AvgIpc) is 2.98. The van der Waals surface area contributed by atoms with Crippen LogP contribution < -0.4 is 15.7 Å². The van der Waals surface area contributed by atoms with E-state index in [0.29, 0.717) is 5.69 Å². The lowest BCUT2D eigenvalue weighted by Crippen LogP contribution is -2.10.